The standard InChI is InChI=1S/C18H26N2O2/c1-20(13-10-16-9-5-6-14-22-16)17(21)19-18(11-12-18)15-7-3-2-4-8-15/h2-4,7-8,16H,5-6,9-14H2,1H3,(H,19,21). The minimum Gasteiger partial charge on any atom is -0.378 e. The molecule has 0 spiro atoms. The minimum absolute atomic E-state index is 0.0252. The molecule has 2 fully saturated rings. The van der Waals surface area contributed by atoms with Gasteiger partial charge in [-0.05, 0) is 44.1 Å². The number of nitrogens with one attached hydrogen (secondary N) is 1. The first-order valence-corrected chi connectivity index (χ1v) is 8.40. The summed E-state index contributed by atoms with van der Waals surface area (Å²) in [6.07, 6.45) is 6.87. The molecule has 1 aliphatic heterocycles. The molecule has 1 saturated carbocycles. The van der Waals surface area contributed by atoms with Gasteiger partial charge in [-0.15, -0.1) is 0 Å². The smallest absolute Gasteiger partial charge is 0.317 e. The highest BCUT2D eigenvalue weighted by Gasteiger charge is 2.45. The summed E-state index contributed by atoms with van der Waals surface area (Å²) in [7, 11) is 1.87. The largest absolute Gasteiger partial charge is 0.378 e. The molecule has 1 N–H and O–H groups in total. The van der Waals surface area contributed by atoms with E-state index in [1.54, 1.807) is 4.90 Å². The van der Waals surface area contributed by atoms with Gasteiger partial charge in [0.25, 0.3) is 0 Å². The molecule has 4 heteroatoms. The molecule has 22 heavy (non-hydrogen) atoms. The van der Waals surface area contributed by atoms with Crippen LogP contribution in [0.2, 0.25) is 0 Å². The van der Waals surface area contributed by atoms with Crippen molar-refractivity contribution in [1.29, 1.82) is 0 Å². The first-order chi connectivity index (χ1) is 10.7. The zero-order valence-electron chi connectivity index (χ0n) is 13.4. The van der Waals surface area contributed by atoms with E-state index in [1.807, 2.05) is 25.2 Å². The van der Waals surface area contributed by atoms with Gasteiger partial charge in [0.15, 0.2) is 0 Å². The third-order valence-electron chi connectivity index (χ3n) is 4.83. The van der Waals surface area contributed by atoms with Gasteiger partial charge in [0.1, 0.15) is 0 Å². The summed E-state index contributed by atoms with van der Waals surface area (Å²) in [5.41, 5.74) is 1.08. The van der Waals surface area contributed by atoms with Crippen LogP contribution in [0.1, 0.15) is 44.1 Å². The van der Waals surface area contributed by atoms with Crippen LogP contribution in [-0.4, -0.2) is 37.2 Å². The fraction of sp³-hybridized carbons (Fsp3) is 0.611. The summed E-state index contributed by atoms with van der Waals surface area (Å²) >= 11 is 0. The van der Waals surface area contributed by atoms with Gasteiger partial charge >= 0.3 is 6.03 Å². The van der Waals surface area contributed by atoms with Crippen LogP contribution in [-0.2, 0) is 10.3 Å². The zero-order valence-corrected chi connectivity index (χ0v) is 13.4. The topological polar surface area (TPSA) is 41.6 Å². The Morgan fingerprint density at radius 3 is 2.73 bits per heavy atom. The first kappa shape index (κ1) is 15.3. The molecule has 2 amide bonds. The van der Waals surface area contributed by atoms with E-state index in [9.17, 15) is 4.79 Å². The minimum atomic E-state index is -0.131. The van der Waals surface area contributed by atoms with Gasteiger partial charge < -0.3 is 15.0 Å². The number of hydrogen-bond acceptors (Lipinski definition) is 2. The monoisotopic (exact) mass is 302 g/mol. The van der Waals surface area contributed by atoms with E-state index in [0.29, 0.717) is 6.10 Å². The highest BCUT2D eigenvalue weighted by Crippen LogP contribution is 2.45. The predicted molar refractivity (Wildman–Crippen MR) is 86.7 cm³/mol. The van der Waals surface area contributed by atoms with E-state index in [-0.39, 0.29) is 11.6 Å². The maximum Gasteiger partial charge on any atom is 0.317 e. The third-order valence-corrected chi connectivity index (χ3v) is 4.83. The Morgan fingerprint density at radius 1 is 1.32 bits per heavy atom. The van der Waals surface area contributed by atoms with Crippen molar-refractivity contribution < 1.29 is 9.53 Å². The lowest BCUT2D eigenvalue weighted by Gasteiger charge is -2.27. The maximum absolute atomic E-state index is 12.4. The summed E-state index contributed by atoms with van der Waals surface area (Å²) in [6, 6.07) is 10.3. The number of hydrogen-bond donors (Lipinski definition) is 1. The number of nitrogens with zero attached hydrogens (tertiary/aromatic N) is 1. The highest BCUT2D eigenvalue weighted by molar-refractivity contribution is 5.75. The number of urea groups is 1. The summed E-state index contributed by atoms with van der Waals surface area (Å²) in [4.78, 5) is 14.2. The average molecular weight is 302 g/mol. The molecule has 0 bridgehead atoms. The second kappa shape index (κ2) is 6.69. The van der Waals surface area contributed by atoms with E-state index >= 15 is 0 Å². The molecule has 3 rings (SSSR count). The second-order valence-corrected chi connectivity index (χ2v) is 6.58. The van der Waals surface area contributed by atoms with Crippen molar-refractivity contribution in [2.75, 3.05) is 20.2 Å². The van der Waals surface area contributed by atoms with E-state index < -0.39 is 0 Å². The van der Waals surface area contributed by atoms with Crippen LogP contribution in [0.5, 0.6) is 0 Å². The molecule has 0 aromatic heterocycles. The van der Waals surface area contributed by atoms with Gasteiger partial charge in [0, 0.05) is 20.2 Å². The summed E-state index contributed by atoms with van der Waals surface area (Å²) in [5.74, 6) is 0. The molecule has 1 aromatic carbocycles. The fourth-order valence-electron chi connectivity index (χ4n) is 3.14. The van der Waals surface area contributed by atoms with E-state index in [0.717, 1.165) is 38.8 Å². The maximum atomic E-state index is 12.4. The third kappa shape index (κ3) is 3.61. The van der Waals surface area contributed by atoms with E-state index in [1.165, 1.54) is 18.4 Å². The van der Waals surface area contributed by atoms with Crippen molar-refractivity contribution in [3.8, 4) is 0 Å². The molecule has 1 aromatic rings. The van der Waals surface area contributed by atoms with Crippen LogP contribution in [0.4, 0.5) is 4.79 Å². The fourth-order valence-corrected chi connectivity index (χ4v) is 3.14. The first-order valence-electron chi connectivity index (χ1n) is 8.40. The van der Waals surface area contributed by atoms with E-state index in [4.69, 9.17) is 4.74 Å². The van der Waals surface area contributed by atoms with Crippen molar-refractivity contribution in [2.45, 2.75) is 50.2 Å². The molecule has 2 aliphatic rings. The number of amides is 2. The lowest BCUT2D eigenvalue weighted by molar-refractivity contribution is 0.00822. The Bertz CT molecular complexity index is 493. The average Bonchev–Trinajstić information content (AvgIpc) is 3.35. The normalized spacial score (nSPS) is 22.9. The Balaban J connectivity index is 1.49. The molecule has 120 valence electrons. The van der Waals surface area contributed by atoms with E-state index in [2.05, 4.69) is 17.4 Å². The number of carbonyl (C=O) groups is 1. The molecule has 1 heterocycles. The van der Waals surface area contributed by atoms with Crippen LogP contribution in [0.15, 0.2) is 30.3 Å². The summed E-state index contributed by atoms with van der Waals surface area (Å²) in [6.45, 7) is 1.62. The molecule has 0 radical (unpaired) electrons. The van der Waals surface area contributed by atoms with Crippen molar-refractivity contribution in [2.24, 2.45) is 0 Å². The Morgan fingerprint density at radius 2 is 2.09 bits per heavy atom. The highest BCUT2D eigenvalue weighted by atomic mass is 16.5. The number of ether oxygens (including phenoxy) is 1. The molecular weight excluding hydrogens is 276 g/mol. The van der Waals surface area contributed by atoms with Gasteiger partial charge in [0.05, 0.1) is 11.6 Å². The van der Waals surface area contributed by atoms with Crippen LogP contribution < -0.4 is 5.32 Å². The van der Waals surface area contributed by atoms with Crippen LogP contribution in [0, 0.1) is 0 Å². The number of carbonyl (C=O) groups excluding carboxylic acids is 1. The van der Waals surface area contributed by atoms with Crippen LogP contribution in [0.3, 0.4) is 0 Å². The van der Waals surface area contributed by atoms with Crippen molar-refractivity contribution in [1.82, 2.24) is 10.2 Å². The Kier molecular flexibility index (Phi) is 4.67. The number of benzene rings is 1. The molecule has 1 aliphatic carbocycles. The Labute approximate surface area is 132 Å². The summed E-state index contributed by atoms with van der Waals surface area (Å²) < 4.78 is 5.73. The number of rotatable bonds is 5. The SMILES string of the molecule is CN(CCC1CCCCO1)C(=O)NC1(c2ccccc2)CC1. The molecule has 4 nitrogen and oxygen atoms in total. The quantitative estimate of drug-likeness (QED) is 0.907. The Hall–Kier alpha value is -1.55. The van der Waals surface area contributed by atoms with Gasteiger partial charge in [-0.25, -0.2) is 4.79 Å². The van der Waals surface area contributed by atoms with Gasteiger partial charge in [-0.3, -0.25) is 0 Å². The predicted octanol–water partition coefficient (Wildman–Crippen LogP) is 3.28. The molecule has 1 unspecified atom stereocenters. The van der Waals surface area contributed by atoms with Gasteiger partial charge in [-0.1, -0.05) is 30.3 Å². The molecule has 1 saturated heterocycles. The van der Waals surface area contributed by atoms with Crippen LogP contribution in [0.25, 0.3) is 0 Å². The van der Waals surface area contributed by atoms with Crippen molar-refractivity contribution in [3.63, 3.8) is 0 Å². The van der Waals surface area contributed by atoms with Gasteiger partial charge in [0.2, 0.25) is 0 Å². The lowest BCUT2D eigenvalue weighted by atomic mass is 10.1. The van der Waals surface area contributed by atoms with Crippen molar-refractivity contribution >= 4 is 6.03 Å². The lowest BCUT2D eigenvalue weighted by Crippen LogP contribution is -2.44. The second-order valence-electron chi connectivity index (χ2n) is 6.58. The zero-order chi connectivity index (χ0) is 15.4. The van der Waals surface area contributed by atoms with Crippen LogP contribution >= 0.6 is 0 Å². The molecular formula is C18H26N2O2. The molecule has 1 atom stereocenters. The van der Waals surface area contributed by atoms with Crippen molar-refractivity contribution in [3.05, 3.63) is 35.9 Å². The van der Waals surface area contributed by atoms with Gasteiger partial charge in [-0.2, -0.15) is 0 Å². The summed E-state index contributed by atoms with van der Waals surface area (Å²) in [5, 5.41) is 3.22.